The summed E-state index contributed by atoms with van der Waals surface area (Å²) in [6.45, 7) is 3.51. The van der Waals surface area contributed by atoms with Crippen molar-refractivity contribution < 1.29 is 19.2 Å². The Hall–Kier alpha value is -1.36. The molecule has 0 saturated heterocycles. The van der Waals surface area contributed by atoms with E-state index in [4.69, 9.17) is 9.63 Å². The molecule has 1 N–H and O–H groups in total. The van der Waals surface area contributed by atoms with E-state index in [-0.39, 0.29) is 18.1 Å². The highest BCUT2D eigenvalue weighted by atomic mass is 16.5. The highest BCUT2D eigenvalue weighted by molar-refractivity contribution is 5.87. The van der Waals surface area contributed by atoms with Gasteiger partial charge in [0.15, 0.2) is 11.5 Å². The number of esters is 1. The SMILES string of the molecule is CCOC(=O)c1cc([C@@H](C)O)on1. The highest BCUT2D eigenvalue weighted by Crippen LogP contribution is 2.13. The second kappa shape index (κ2) is 4.04. The van der Waals surface area contributed by atoms with Gasteiger partial charge in [-0.1, -0.05) is 5.16 Å². The Morgan fingerprint density at radius 2 is 2.54 bits per heavy atom. The topological polar surface area (TPSA) is 72.6 Å². The smallest absolute Gasteiger partial charge is 0.360 e. The lowest BCUT2D eigenvalue weighted by molar-refractivity contribution is 0.0514. The van der Waals surface area contributed by atoms with E-state index >= 15 is 0 Å². The minimum absolute atomic E-state index is 0.0813. The summed E-state index contributed by atoms with van der Waals surface area (Å²) in [6, 6.07) is 1.36. The van der Waals surface area contributed by atoms with Crippen molar-refractivity contribution in [1.29, 1.82) is 0 Å². The molecule has 0 aromatic carbocycles. The zero-order valence-electron chi connectivity index (χ0n) is 7.48. The lowest BCUT2D eigenvalue weighted by Gasteiger charge is -1.95. The van der Waals surface area contributed by atoms with E-state index in [1.54, 1.807) is 6.92 Å². The van der Waals surface area contributed by atoms with Crippen LogP contribution in [0.15, 0.2) is 10.6 Å². The van der Waals surface area contributed by atoms with Gasteiger partial charge in [-0.2, -0.15) is 0 Å². The maximum absolute atomic E-state index is 11.1. The van der Waals surface area contributed by atoms with E-state index in [9.17, 15) is 4.79 Å². The van der Waals surface area contributed by atoms with Crippen molar-refractivity contribution in [2.45, 2.75) is 20.0 Å². The van der Waals surface area contributed by atoms with Gasteiger partial charge in [0.25, 0.3) is 0 Å². The van der Waals surface area contributed by atoms with Gasteiger partial charge < -0.3 is 14.4 Å². The van der Waals surface area contributed by atoms with Crippen LogP contribution in [-0.2, 0) is 4.74 Å². The van der Waals surface area contributed by atoms with Crippen LogP contribution in [-0.4, -0.2) is 22.8 Å². The quantitative estimate of drug-likeness (QED) is 0.708. The van der Waals surface area contributed by atoms with E-state index in [1.807, 2.05) is 0 Å². The summed E-state index contributed by atoms with van der Waals surface area (Å²) >= 11 is 0. The van der Waals surface area contributed by atoms with Crippen molar-refractivity contribution in [2.24, 2.45) is 0 Å². The summed E-state index contributed by atoms with van der Waals surface area (Å²) < 4.78 is 9.37. The molecule has 0 unspecified atom stereocenters. The summed E-state index contributed by atoms with van der Waals surface area (Å²) in [6.07, 6.45) is -0.768. The fraction of sp³-hybridized carbons (Fsp3) is 0.500. The lowest BCUT2D eigenvalue weighted by atomic mass is 10.3. The van der Waals surface area contributed by atoms with Crippen molar-refractivity contribution in [1.82, 2.24) is 5.16 Å². The molecule has 0 saturated carbocycles. The largest absolute Gasteiger partial charge is 0.461 e. The van der Waals surface area contributed by atoms with Crippen LogP contribution in [0.1, 0.15) is 36.2 Å². The Morgan fingerprint density at radius 3 is 3.00 bits per heavy atom. The Labute approximate surface area is 75.3 Å². The monoisotopic (exact) mass is 185 g/mol. The van der Waals surface area contributed by atoms with Crippen molar-refractivity contribution >= 4 is 5.97 Å². The number of ether oxygens (including phenoxy) is 1. The molecule has 0 aliphatic carbocycles. The van der Waals surface area contributed by atoms with E-state index in [0.29, 0.717) is 0 Å². The van der Waals surface area contributed by atoms with Crippen molar-refractivity contribution in [3.63, 3.8) is 0 Å². The number of hydrogen-bond acceptors (Lipinski definition) is 5. The van der Waals surface area contributed by atoms with Crippen LogP contribution in [0.3, 0.4) is 0 Å². The van der Waals surface area contributed by atoms with Gasteiger partial charge >= 0.3 is 5.97 Å². The Morgan fingerprint density at radius 1 is 1.85 bits per heavy atom. The van der Waals surface area contributed by atoms with Gasteiger partial charge in [-0.25, -0.2) is 4.79 Å². The van der Waals surface area contributed by atoms with Gasteiger partial charge in [0.05, 0.1) is 6.61 Å². The molecule has 1 aromatic rings. The molecule has 5 heteroatoms. The molecular weight excluding hydrogens is 174 g/mol. The number of carbonyl (C=O) groups is 1. The predicted molar refractivity (Wildman–Crippen MR) is 43.1 cm³/mol. The molecule has 0 amide bonds. The number of aromatic nitrogens is 1. The van der Waals surface area contributed by atoms with Gasteiger partial charge in [-0.05, 0) is 13.8 Å². The fourth-order valence-corrected chi connectivity index (χ4v) is 0.787. The van der Waals surface area contributed by atoms with Crippen LogP contribution in [0.25, 0.3) is 0 Å². The van der Waals surface area contributed by atoms with E-state index < -0.39 is 12.1 Å². The van der Waals surface area contributed by atoms with Crippen LogP contribution in [0, 0.1) is 0 Å². The van der Waals surface area contributed by atoms with Crippen LogP contribution >= 0.6 is 0 Å². The second-order valence-electron chi connectivity index (χ2n) is 2.51. The van der Waals surface area contributed by atoms with Gasteiger partial charge in [0.2, 0.25) is 0 Å². The molecule has 1 heterocycles. The first-order chi connectivity index (χ1) is 6.15. The maximum atomic E-state index is 11.1. The molecule has 0 spiro atoms. The molecule has 1 rings (SSSR count). The molecule has 1 atom stereocenters. The summed E-state index contributed by atoms with van der Waals surface area (Å²) in [5.74, 6) is -0.291. The zero-order chi connectivity index (χ0) is 9.84. The van der Waals surface area contributed by atoms with Crippen molar-refractivity contribution in [2.75, 3.05) is 6.61 Å². The summed E-state index contributed by atoms with van der Waals surface area (Å²) in [5.41, 5.74) is 0.0813. The normalized spacial score (nSPS) is 12.5. The first-order valence-corrected chi connectivity index (χ1v) is 3.97. The zero-order valence-corrected chi connectivity index (χ0v) is 7.48. The van der Waals surface area contributed by atoms with Gasteiger partial charge in [0.1, 0.15) is 6.10 Å². The summed E-state index contributed by atoms with van der Waals surface area (Å²) in [5, 5.41) is 12.5. The number of hydrogen-bond donors (Lipinski definition) is 1. The molecule has 1 aromatic heterocycles. The predicted octanol–water partition coefficient (Wildman–Crippen LogP) is 0.905. The number of rotatable bonds is 3. The second-order valence-corrected chi connectivity index (χ2v) is 2.51. The van der Waals surface area contributed by atoms with Crippen LogP contribution in [0.5, 0.6) is 0 Å². The summed E-state index contributed by atoms with van der Waals surface area (Å²) in [4.78, 5) is 11.1. The minimum Gasteiger partial charge on any atom is -0.461 e. The third-order valence-corrected chi connectivity index (χ3v) is 1.42. The number of carbonyl (C=O) groups excluding carboxylic acids is 1. The molecule has 5 nitrogen and oxygen atoms in total. The average molecular weight is 185 g/mol. The third-order valence-electron chi connectivity index (χ3n) is 1.42. The minimum atomic E-state index is -0.768. The summed E-state index contributed by atoms with van der Waals surface area (Å²) in [7, 11) is 0. The molecule has 13 heavy (non-hydrogen) atoms. The maximum Gasteiger partial charge on any atom is 0.360 e. The molecular formula is C8H11NO4. The number of aliphatic hydroxyl groups is 1. The average Bonchev–Trinajstić information content (AvgIpc) is 2.52. The first-order valence-electron chi connectivity index (χ1n) is 3.97. The van der Waals surface area contributed by atoms with Crippen molar-refractivity contribution in [3.8, 4) is 0 Å². The Kier molecular flexibility index (Phi) is 3.02. The molecule has 0 aliphatic heterocycles. The van der Waals surface area contributed by atoms with Crippen LogP contribution < -0.4 is 0 Å². The molecule has 0 aliphatic rings. The van der Waals surface area contributed by atoms with E-state index in [1.165, 1.54) is 13.0 Å². The molecule has 72 valence electrons. The van der Waals surface area contributed by atoms with Gasteiger partial charge in [-0.3, -0.25) is 0 Å². The Balaban J connectivity index is 2.73. The first kappa shape index (κ1) is 9.73. The molecule has 0 bridgehead atoms. The number of nitrogens with zero attached hydrogens (tertiary/aromatic N) is 1. The van der Waals surface area contributed by atoms with Crippen LogP contribution in [0.4, 0.5) is 0 Å². The standard InChI is InChI=1S/C8H11NO4/c1-3-12-8(11)6-4-7(5(2)10)13-9-6/h4-5,10H,3H2,1-2H3/t5-/m1/s1. The Bertz CT molecular complexity index is 292. The third kappa shape index (κ3) is 2.29. The van der Waals surface area contributed by atoms with Gasteiger partial charge in [0, 0.05) is 6.07 Å². The van der Waals surface area contributed by atoms with Gasteiger partial charge in [-0.15, -0.1) is 0 Å². The van der Waals surface area contributed by atoms with Crippen molar-refractivity contribution in [3.05, 3.63) is 17.5 Å². The molecule has 0 radical (unpaired) electrons. The van der Waals surface area contributed by atoms with E-state index in [0.717, 1.165) is 0 Å². The van der Waals surface area contributed by atoms with Crippen LogP contribution in [0.2, 0.25) is 0 Å². The number of aliphatic hydroxyl groups excluding tert-OH is 1. The fourth-order valence-electron chi connectivity index (χ4n) is 0.787. The lowest BCUT2D eigenvalue weighted by Crippen LogP contribution is -2.04. The van der Waals surface area contributed by atoms with E-state index in [2.05, 4.69) is 9.89 Å². The highest BCUT2D eigenvalue weighted by Gasteiger charge is 2.15. The molecule has 0 fully saturated rings.